The zero-order chi connectivity index (χ0) is 13.3. The average Bonchev–Trinajstić information content (AvgIpc) is 2.63. The zero-order valence-corrected chi connectivity index (χ0v) is 12.2. The second-order valence-corrected chi connectivity index (χ2v) is 5.64. The van der Waals surface area contributed by atoms with Crippen molar-refractivity contribution in [3.05, 3.63) is 11.3 Å². The molecular formula is C14H25N3O. The van der Waals surface area contributed by atoms with Gasteiger partial charge in [-0.25, -0.2) is 4.68 Å². The van der Waals surface area contributed by atoms with Crippen LogP contribution in [0, 0.1) is 18.8 Å². The second-order valence-electron chi connectivity index (χ2n) is 5.64. The van der Waals surface area contributed by atoms with Crippen molar-refractivity contribution in [1.29, 1.82) is 0 Å². The van der Waals surface area contributed by atoms with Gasteiger partial charge in [-0.2, -0.15) is 5.10 Å². The van der Waals surface area contributed by atoms with Gasteiger partial charge in [-0.1, -0.05) is 13.8 Å². The van der Waals surface area contributed by atoms with Gasteiger partial charge >= 0.3 is 0 Å². The maximum atomic E-state index is 5.56. The maximum Gasteiger partial charge on any atom is 0.215 e. The Labute approximate surface area is 110 Å². The van der Waals surface area contributed by atoms with Gasteiger partial charge in [0.05, 0.1) is 12.8 Å². The summed E-state index contributed by atoms with van der Waals surface area (Å²) in [4.78, 5) is 0. The van der Waals surface area contributed by atoms with Crippen LogP contribution in [0.25, 0.3) is 0 Å². The number of ether oxygens (including phenoxy) is 1. The van der Waals surface area contributed by atoms with Gasteiger partial charge in [-0.3, -0.25) is 0 Å². The fourth-order valence-electron chi connectivity index (χ4n) is 3.26. The minimum absolute atomic E-state index is 0.565. The summed E-state index contributed by atoms with van der Waals surface area (Å²) in [6.45, 7) is 8.90. The van der Waals surface area contributed by atoms with Crippen molar-refractivity contribution in [2.45, 2.75) is 33.1 Å². The van der Waals surface area contributed by atoms with Crippen molar-refractivity contribution in [2.75, 3.05) is 20.2 Å². The van der Waals surface area contributed by atoms with E-state index in [1.807, 2.05) is 11.7 Å². The molecule has 18 heavy (non-hydrogen) atoms. The van der Waals surface area contributed by atoms with E-state index < -0.39 is 0 Å². The maximum absolute atomic E-state index is 5.56. The first-order chi connectivity index (χ1) is 8.56. The molecule has 1 fully saturated rings. The molecule has 102 valence electrons. The first kappa shape index (κ1) is 13.4. The molecule has 1 saturated heterocycles. The van der Waals surface area contributed by atoms with Gasteiger partial charge in [0, 0.05) is 12.6 Å². The summed E-state index contributed by atoms with van der Waals surface area (Å²) in [6, 6.07) is 0. The number of rotatable bonds is 3. The van der Waals surface area contributed by atoms with Gasteiger partial charge in [0.1, 0.15) is 0 Å². The molecule has 0 aliphatic carbocycles. The second kappa shape index (κ2) is 5.31. The lowest BCUT2D eigenvalue weighted by atomic mass is 9.75. The molecule has 0 amide bonds. The van der Waals surface area contributed by atoms with E-state index in [1.54, 1.807) is 7.11 Å². The molecule has 1 aliphatic heterocycles. The smallest absolute Gasteiger partial charge is 0.215 e. The van der Waals surface area contributed by atoms with Crippen LogP contribution >= 0.6 is 0 Å². The summed E-state index contributed by atoms with van der Waals surface area (Å²) in [7, 11) is 3.70. The molecule has 4 heteroatoms. The summed E-state index contributed by atoms with van der Waals surface area (Å²) >= 11 is 0. The van der Waals surface area contributed by atoms with E-state index in [4.69, 9.17) is 4.74 Å². The monoisotopic (exact) mass is 251 g/mol. The summed E-state index contributed by atoms with van der Waals surface area (Å²) in [5, 5.41) is 8.03. The van der Waals surface area contributed by atoms with Gasteiger partial charge in [0.2, 0.25) is 5.88 Å². The third kappa shape index (κ3) is 2.26. The van der Waals surface area contributed by atoms with Crippen LogP contribution in [0.4, 0.5) is 0 Å². The summed E-state index contributed by atoms with van der Waals surface area (Å²) < 4.78 is 7.42. The number of piperidine rings is 1. The molecule has 1 aromatic rings. The van der Waals surface area contributed by atoms with Gasteiger partial charge in [-0.05, 0) is 44.2 Å². The Bertz CT molecular complexity index is 411. The van der Waals surface area contributed by atoms with E-state index in [-0.39, 0.29) is 0 Å². The zero-order valence-electron chi connectivity index (χ0n) is 12.2. The standard InChI is InChI=1S/C14H25N3O/c1-9(2)12-8-15-7-6-11(12)13-10(3)16-17(4)14(13)18-5/h9,11-12,15H,6-8H2,1-5H3. The number of aryl methyl sites for hydroxylation is 2. The topological polar surface area (TPSA) is 39.1 Å². The molecule has 0 spiro atoms. The Hall–Kier alpha value is -1.03. The molecule has 1 N–H and O–H groups in total. The molecule has 4 nitrogen and oxygen atoms in total. The van der Waals surface area contributed by atoms with Gasteiger partial charge in [-0.15, -0.1) is 0 Å². The molecule has 2 heterocycles. The summed E-state index contributed by atoms with van der Waals surface area (Å²) in [5.74, 6) is 2.84. The number of nitrogens with one attached hydrogen (secondary N) is 1. The Morgan fingerprint density at radius 1 is 1.44 bits per heavy atom. The highest BCUT2D eigenvalue weighted by atomic mass is 16.5. The number of nitrogens with zero attached hydrogens (tertiary/aromatic N) is 2. The average molecular weight is 251 g/mol. The highest BCUT2D eigenvalue weighted by Crippen LogP contribution is 2.40. The van der Waals surface area contributed by atoms with Crippen LogP contribution < -0.4 is 10.1 Å². The van der Waals surface area contributed by atoms with Gasteiger partial charge < -0.3 is 10.1 Å². The summed E-state index contributed by atoms with van der Waals surface area (Å²) in [6.07, 6.45) is 1.17. The molecular weight excluding hydrogens is 226 g/mol. The van der Waals surface area contributed by atoms with Gasteiger partial charge in [0.25, 0.3) is 0 Å². The molecule has 0 radical (unpaired) electrons. The van der Waals surface area contributed by atoms with E-state index in [1.165, 1.54) is 12.0 Å². The van der Waals surface area contributed by atoms with Crippen molar-refractivity contribution in [3.8, 4) is 5.88 Å². The third-order valence-electron chi connectivity index (χ3n) is 4.16. The fourth-order valence-corrected chi connectivity index (χ4v) is 3.26. The van der Waals surface area contributed by atoms with E-state index >= 15 is 0 Å². The minimum Gasteiger partial charge on any atom is -0.481 e. The lowest BCUT2D eigenvalue weighted by Crippen LogP contribution is -2.38. The van der Waals surface area contributed by atoms with Crippen LogP contribution in [0.15, 0.2) is 0 Å². The lowest BCUT2D eigenvalue weighted by molar-refractivity contribution is 0.248. The van der Waals surface area contributed by atoms with Gasteiger partial charge in [0.15, 0.2) is 0 Å². The van der Waals surface area contributed by atoms with Crippen LogP contribution in [0.1, 0.15) is 37.4 Å². The molecule has 0 aromatic carbocycles. The van der Waals surface area contributed by atoms with Crippen molar-refractivity contribution >= 4 is 0 Å². The molecule has 0 saturated carbocycles. The van der Waals surface area contributed by atoms with E-state index in [2.05, 4.69) is 31.2 Å². The molecule has 0 bridgehead atoms. The number of methoxy groups -OCH3 is 1. The van der Waals surface area contributed by atoms with Crippen LogP contribution in [-0.4, -0.2) is 30.0 Å². The third-order valence-corrected chi connectivity index (χ3v) is 4.16. The number of aromatic nitrogens is 2. The predicted molar refractivity (Wildman–Crippen MR) is 73.1 cm³/mol. The fraction of sp³-hybridized carbons (Fsp3) is 0.786. The molecule has 2 atom stereocenters. The van der Waals surface area contributed by atoms with E-state index in [9.17, 15) is 0 Å². The molecule has 1 aromatic heterocycles. The predicted octanol–water partition coefficient (Wildman–Crippen LogP) is 2.09. The van der Waals surface area contributed by atoms with Crippen molar-refractivity contribution in [1.82, 2.24) is 15.1 Å². The lowest BCUT2D eigenvalue weighted by Gasteiger charge is -2.35. The Morgan fingerprint density at radius 2 is 2.17 bits per heavy atom. The quantitative estimate of drug-likeness (QED) is 0.894. The molecule has 2 rings (SSSR count). The highest BCUT2D eigenvalue weighted by Gasteiger charge is 2.33. The van der Waals surface area contributed by atoms with Crippen molar-refractivity contribution in [3.63, 3.8) is 0 Å². The first-order valence-corrected chi connectivity index (χ1v) is 6.84. The van der Waals surface area contributed by atoms with Crippen LogP contribution in [0.5, 0.6) is 5.88 Å². The number of hydrogen-bond acceptors (Lipinski definition) is 3. The van der Waals surface area contributed by atoms with E-state index in [0.717, 1.165) is 24.7 Å². The van der Waals surface area contributed by atoms with Crippen LogP contribution in [0.2, 0.25) is 0 Å². The Morgan fingerprint density at radius 3 is 2.78 bits per heavy atom. The Balaban J connectivity index is 2.39. The van der Waals surface area contributed by atoms with Crippen LogP contribution in [-0.2, 0) is 7.05 Å². The largest absolute Gasteiger partial charge is 0.481 e. The first-order valence-electron chi connectivity index (χ1n) is 6.84. The van der Waals surface area contributed by atoms with E-state index in [0.29, 0.717) is 17.8 Å². The minimum atomic E-state index is 0.565. The SMILES string of the molecule is COc1c(C2CCNCC2C(C)C)c(C)nn1C. The normalized spacial score (nSPS) is 24.6. The van der Waals surface area contributed by atoms with Crippen LogP contribution in [0.3, 0.4) is 0 Å². The highest BCUT2D eigenvalue weighted by molar-refractivity contribution is 5.35. The van der Waals surface area contributed by atoms with Crippen molar-refractivity contribution in [2.24, 2.45) is 18.9 Å². The van der Waals surface area contributed by atoms with Crippen molar-refractivity contribution < 1.29 is 4.74 Å². The Kier molecular flexibility index (Phi) is 3.95. The summed E-state index contributed by atoms with van der Waals surface area (Å²) in [5.41, 5.74) is 2.44. The molecule has 2 unspecified atom stereocenters. The molecule has 1 aliphatic rings. The number of hydrogen-bond donors (Lipinski definition) is 1.